The molecule has 0 saturated heterocycles. The Bertz CT molecular complexity index is 624. The molecule has 0 spiro atoms. The Kier molecular flexibility index (Phi) is 2.53. The van der Waals surface area contributed by atoms with E-state index in [9.17, 15) is 4.79 Å². The molecule has 0 amide bonds. The molecule has 2 aromatic rings. The van der Waals surface area contributed by atoms with Crippen molar-refractivity contribution in [3.05, 3.63) is 34.3 Å². The molecule has 1 atom stereocenters. The number of H-pyrrole nitrogens is 1. The van der Waals surface area contributed by atoms with Gasteiger partial charge in [0.15, 0.2) is 5.58 Å². The number of aromatic nitrogens is 1. The van der Waals surface area contributed by atoms with Crippen molar-refractivity contribution in [1.29, 1.82) is 0 Å². The van der Waals surface area contributed by atoms with Gasteiger partial charge in [-0.3, -0.25) is 4.98 Å². The fraction of sp³-hybridized carbons (Fsp3) is 0.462. The first-order valence-corrected chi connectivity index (χ1v) is 6.18. The third-order valence-corrected chi connectivity index (χ3v) is 3.88. The Balaban J connectivity index is 1.96. The second kappa shape index (κ2) is 3.96. The van der Waals surface area contributed by atoms with Crippen LogP contribution in [-0.4, -0.2) is 18.6 Å². The van der Waals surface area contributed by atoms with Crippen molar-refractivity contribution >= 4 is 11.1 Å². The van der Waals surface area contributed by atoms with Crippen LogP contribution in [0.5, 0.6) is 0 Å². The highest BCUT2D eigenvalue weighted by Crippen LogP contribution is 2.53. The van der Waals surface area contributed by atoms with E-state index in [2.05, 4.69) is 10.3 Å². The van der Waals surface area contributed by atoms with Crippen LogP contribution >= 0.6 is 0 Å². The van der Waals surface area contributed by atoms with Crippen LogP contribution < -0.4 is 16.8 Å². The van der Waals surface area contributed by atoms with Gasteiger partial charge in [0.25, 0.3) is 0 Å². The number of hydrogen-bond acceptors (Lipinski definition) is 4. The lowest BCUT2D eigenvalue weighted by Crippen LogP contribution is -2.31. The number of rotatable bonds is 4. The molecule has 4 N–H and O–H groups in total. The predicted octanol–water partition coefficient (Wildman–Crippen LogP) is 1.12. The molecule has 0 radical (unpaired) electrons. The van der Waals surface area contributed by atoms with Crippen LogP contribution in [0, 0.1) is 5.41 Å². The fourth-order valence-electron chi connectivity index (χ4n) is 2.62. The zero-order chi connectivity index (χ0) is 12.8. The summed E-state index contributed by atoms with van der Waals surface area (Å²) in [7, 11) is 1.95. The fourth-order valence-corrected chi connectivity index (χ4v) is 2.62. The van der Waals surface area contributed by atoms with E-state index in [0.29, 0.717) is 5.58 Å². The SMILES string of the molecule is CNCC1(C(N)c2ccc3[nH]c(=O)oc3c2)CC1. The smallest absolute Gasteiger partial charge is 0.408 e. The highest BCUT2D eigenvalue weighted by Gasteiger charge is 2.47. The van der Waals surface area contributed by atoms with Gasteiger partial charge in [-0.25, -0.2) is 4.79 Å². The van der Waals surface area contributed by atoms with Gasteiger partial charge in [-0.15, -0.1) is 0 Å². The first-order valence-electron chi connectivity index (χ1n) is 6.18. The van der Waals surface area contributed by atoms with E-state index in [4.69, 9.17) is 10.2 Å². The predicted molar refractivity (Wildman–Crippen MR) is 69.4 cm³/mol. The Morgan fingerprint density at radius 2 is 2.33 bits per heavy atom. The van der Waals surface area contributed by atoms with Crippen LogP contribution in [-0.2, 0) is 0 Å². The topological polar surface area (TPSA) is 84.0 Å². The maximum Gasteiger partial charge on any atom is 0.417 e. The summed E-state index contributed by atoms with van der Waals surface area (Å²) < 4.78 is 5.07. The van der Waals surface area contributed by atoms with E-state index < -0.39 is 5.76 Å². The lowest BCUT2D eigenvalue weighted by atomic mass is 9.90. The molecule has 1 saturated carbocycles. The summed E-state index contributed by atoms with van der Waals surface area (Å²) in [5.74, 6) is -0.424. The maximum absolute atomic E-state index is 11.1. The Morgan fingerprint density at radius 1 is 1.56 bits per heavy atom. The Labute approximate surface area is 104 Å². The van der Waals surface area contributed by atoms with Crippen molar-refractivity contribution in [2.75, 3.05) is 13.6 Å². The Hall–Kier alpha value is -1.59. The largest absolute Gasteiger partial charge is 0.417 e. The maximum atomic E-state index is 11.1. The third-order valence-electron chi connectivity index (χ3n) is 3.88. The minimum Gasteiger partial charge on any atom is -0.408 e. The summed E-state index contributed by atoms with van der Waals surface area (Å²) >= 11 is 0. The molecule has 5 nitrogen and oxygen atoms in total. The molecule has 5 heteroatoms. The standard InChI is InChI=1S/C13H17N3O2/c1-15-7-13(4-5-13)11(14)8-2-3-9-10(6-8)18-12(17)16-9/h2-3,6,11,15H,4-5,7,14H2,1H3,(H,16,17). The van der Waals surface area contributed by atoms with E-state index in [1.165, 1.54) is 0 Å². The van der Waals surface area contributed by atoms with Crippen LogP contribution in [0.3, 0.4) is 0 Å². The first-order chi connectivity index (χ1) is 8.64. The molecular formula is C13H17N3O2. The molecule has 1 fully saturated rings. The molecular weight excluding hydrogens is 230 g/mol. The Morgan fingerprint density at radius 3 is 3.00 bits per heavy atom. The summed E-state index contributed by atoms with van der Waals surface area (Å²) in [6, 6.07) is 5.67. The number of benzene rings is 1. The normalized spacial score (nSPS) is 19.0. The van der Waals surface area contributed by atoms with Crippen molar-refractivity contribution in [3.8, 4) is 0 Å². The number of nitrogens with one attached hydrogen (secondary N) is 2. The van der Waals surface area contributed by atoms with Crippen molar-refractivity contribution in [2.24, 2.45) is 11.1 Å². The van der Waals surface area contributed by atoms with Gasteiger partial charge in [-0.1, -0.05) is 6.07 Å². The summed E-state index contributed by atoms with van der Waals surface area (Å²) in [6.07, 6.45) is 2.29. The molecule has 1 aliphatic carbocycles. The van der Waals surface area contributed by atoms with Gasteiger partial charge in [0.1, 0.15) is 0 Å². The lowest BCUT2D eigenvalue weighted by molar-refractivity contribution is 0.392. The van der Waals surface area contributed by atoms with Crippen molar-refractivity contribution in [1.82, 2.24) is 10.3 Å². The number of aromatic amines is 1. The van der Waals surface area contributed by atoms with Crippen LogP contribution in [0.15, 0.2) is 27.4 Å². The van der Waals surface area contributed by atoms with Gasteiger partial charge in [0.05, 0.1) is 5.52 Å². The molecule has 3 rings (SSSR count). The number of fused-ring (bicyclic) bond motifs is 1. The van der Waals surface area contributed by atoms with E-state index in [0.717, 1.165) is 30.5 Å². The molecule has 1 heterocycles. The quantitative estimate of drug-likeness (QED) is 0.756. The van der Waals surface area contributed by atoms with Crippen LogP contribution in [0.4, 0.5) is 0 Å². The minimum absolute atomic E-state index is 0.0189. The summed E-state index contributed by atoms with van der Waals surface area (Å²) in [5, 5.41) is 3.20. The second-order valence-corrected chi connectivity index (χ2v) is 5.14. The van der Waals surface area contributed by atoms with Crippen molar-refractivity contribution in [2.45, 2.75) is 18.9 Å². The minimum atomic E-state index is -0.424. The molecule has 1 aromatic carbocycles. The zero-order valence-corrected chi connectivity index (χ0v) is 10.3. The lowest BCUT2D eigenvalue weighted by Gasteiger charge is -2.23. The number of hydrogen-bond donors (Lipinski definition) is 3. The van der Waals surface area contributed by atoms with Gasteiger partial charge in [-0.05, 0) is 37.6 Å². The first kappa shape index (κ1) is 11.5. The third kappa shape index (κ3) is 1.76. The molecule has 18 heavy (non-hydrogen) atoms. The molecule has 1 aromatic heterocycles. The molecule has 1 aliphatic rings. The van der Waals surface area contributed by atoms with Gasteiger partial charge < -0.3 is 15.5 Å². The molecule has 96 valence electrons. The molecule has 0 aliphatic heterocycles. The van der Waals surface area contributed by atoms with Gasteiger partial charge in [-0.2, -0.15) is 0 Å². The average molecular weight is 247 g/mol. The van der Waals surface area contributed by atoms with E-state index in [1.54, 1.807) is 0 Å². The van der Waals surface area contributed by atoms with Crippen LogP contribution in [0.1, 0.15) is 24.4 Å². The number of nitrogens with two attached hydrogens (primary N) is 1. The van der Waals surface area contributed by atoms with Gasteiger partial charge in [0, 0.05) is 18.0 Å². The molecule has 0 bridgehead atoms. The van der Waals surface area contributed by atoms with E-state index >= 15 is 0 Å². The van der Waals surface area contributed by atoms with Crippen LogP contribution in [0.2, 0.25) is 0 Å². The van der Waals surface area contributed by atoms with E-state index in [1.807, 2.05) is 25.2 Å². The summed E-state index contributed by atoms with van der Waals surface area (Å²) in [4.78, 5) is 13.7. The average Bonchev–Trinajstić information content (AvgIpc) is 3.02. The summed E-state index contributed by atoms with van der Waals surface area (Å²) in [5.41, 5.74) is 8.83. The number of oxazole rings is 1. The van der Waals surface area contributed by atoms with Gasteiger partial charge >= 0.3 is 5.76 Å². The van der Waals surface area contributed by atoms with Crippen molar-refractivity contribution in [3.63, 3.8) is 0 Å². The highest BCUT2D eigenvalue weighted by molar-refractivity contribution is 5.73. The zero-order valence-electron chi connectivity index (χ0n) is 10.3. The van der Waals surface area contributed by atoms with E-state index in [-0.39, 0.29) is 11.5 Å². The second-order valence-electron chi connectivity index (χ2n) is 5.14. The van der Waals surface area contributed by atoms with Crippen molar-refractivity contribution < 1.29 is 4.42 Å². The summed E-state index contributed by atoms with van der Waals surface area (Å²) in [6.45, 7) is 0.920. The highest BCUT2D eigenvalue weighted by atomic mass is 16.4. The van der Waals surface area contributed by atoms with Crippen LogP contribution in [0.25, 0.3) is 11.1 Å². The molecule has 1 unspecified atom stereocenters. The van der Waals surface area contributed by atoms with Gasteiger partial charge in [0.2, 0.25) is 0 Å². The monoisotopic (exact) mass is 247 g/mol.